The number of aromatic nitrogens is 3. The van der Waals surface area contributed by atoms with E-state index in [4.69, 9.17) is 4.11 Å². The summed E-state index contributed by atoms with van der Waals surface area (Å²) in [6.07, 6.45) is 3.77. The predicted molar refractivity (Wildman–Crippen MR) is 89.4 cm³/mol. The number of benzene rings is 1. The van der Waals surface area contributed by atoms with Crippen molar-refractivity contribution in [1.29, 1.82) is 0 Å². The van der Waals surface area contributed by atoms with E-state index >= 15 is 0 Å². The Morgan fingerprint density at radius 2 is 1.96 bits per heavy atom. The van der Waals surface area contributed by atoms with Gasteiger partial charge in [0.25, 0.3) is 0 Å². The number of pyridine rings is 1. The fraction of sp³-hybridized carbons (Fsp3) is 0.368. The minimum absolute atomic E-state index is 0.197. The maximum absolute atomic E-state index is 10.7. The average Bonchev–Trinajstić information content (AvgIpc) is 3.26. The van der Waals surface area contributed by atoms with Gasteiger partial charge in [-0.05, 0) is 45.2 Å². The zero-order valence-electron chi connectivity index (χ0n) is 16.2. The summed E-state index contributed by atoms with van der Waals surface area (Å²) in [5.41, 5.74) is 0.843. The highest BCUT2D eigenvalue weighted by molar-refractivity contribution is 5.53. The highest BCUT2D eigenvalue weighted by Crippen LogP contribution is 2.52. The lowest BCUT2D eigenvalue weighted by Crippen LogP contribution is -2.18. The van der Waals surface area contributed by atoms with E-state index in [-0.39, 0.29) is 11.0 Å². The molecule has 1 aromatic carbocycles. The summed E-state index contributed by atoms with van der Waals surface area (Å²) in [5, 5.41) is 19.3. The third-order valence-corrected chi connectivity index (χ3v) is 4.74. The third-order valence-electron chi connectivity index (χ3n) is 4.74. The van der Waals surface area contributed by atoms with Gasteiger partial charge in [-0.2, -0.15) is 0 Å². The van der Waals surface area contributed by atoms with Crippen LogP contribution in [-0.2, 0) is 11.0 Å². The lowest BCUT2D eigenvalue weighted by atomic mass is 9.94. The molecule has 1 fully saturated rings. The fourth-order valence-corrected chi connectivity index (χ4v) is 3.26. The van der Waals surface area contributed by atoms with E-state index in [9.17, 15) is 5.11 Å². The van der Waals surface area contributed by atoms with Crippen LogP contribution < -0.4 is 0 Å². The number of aliphatic hydroxyl groups is 1. The molecule has 118 valence electrons. The summed E-state index contributed by atoms with van der Waals surface area (Å²) in [7, 11) is 0. The van der Waals surface area contributed by atoms with Crippen LogP contribution in [0, 0.1) is 6.92 Å². The molecule has 0 radical (unpaired) electrons. The van der Waals surface area contributed by atoms with Crippen LogP contribution in [0.2, 0.25) is 0 Å². The number of rotatable bonds is 3. The monoisotopic (exact) mass is 311 g/mol. The van der Waals surface area contributed by atoms with Gasteiger partial charge in [-0.15, -0.1) is 10.2 Å². The Hall–Kier alpha value is -2.20. The summed E-state index contributed by atoms with van der Waals surface area (Å²) < 4.78 is 24.8. The van der Waals surface area contributed by atoms with Crippen LogP contribution in [0.1, 0.15) is 53.2 Å². The first-order valence-electron chi connectivity index (χ1n) is 9.31. The van der Waals surface area contributed by atoms with Crippen LogP contribution in [0.4, 0.5) is 0 Å². The molecule has 0 saturated heterocycles. The second kappa shape index (κ2) is 4.65. The minimum Gasteiger partial charge on any atom is -0.386 e. The van der Waals surface area contributed by atoms with Crippen LogP contribution in [0.15, 0.2) is 42.6 Å². The lowest BCUT2D eigenvalue weighted by molar-refractivity contribution is 0.0796. The highest BCUT2D eigenvalue weighted by Gasteiger charge is 2.49. The third kappa shape index (κ3) is 2.17. The number of hydrogen-bond acceptors (Lipinski definition) is 3. The Bertz CT molecular complexity index is 970. The molecule has 1 saturated carbocycles. The second-order valence-electron chi connectivity index (χ2n) is 6.66. The Kier molecular flexibility index (Phi) is 2.29. The van der Waals surface area contributed by atoms with Crippen molar-refractivity contribution in [3.05, 3.63) is 65.1 Å². The molecule has 4 rings (SSSR count). The van der Waals surface area contributed by atoms with Gasteiger partial charge in [0.05, 0.1) is 11.0 Å². The van der Waals surface area contributed by atoms with Crippen molar-refractivity contribution < 1.29 is 9.22 Å². The standard InChI is InChI=1S/C19H21N3O/c1-13-6-8-14(9-7-13)19(10-11-19)17-21-20-16-15(18(2,3)23)5-4-12-22(16)17/h4-9,12,23H,10-11H2,1-3H3/i2+1D3. The first-order chi connectivity index (χ1) is 12.2. The molecule has 1 aliphatic rings. The van der Waals surface area contributed by atoms with E-state index in [0.717, 1.165) is 18.7 Å². The largest absolute Gasteiger partial charge is 0.386 e. The molecular weight excluding hydrogens is 287 g/mol. The zero-order chi connectivity index (χ0) is 18.7. The van der Waals surface area contributed by atoms with E-state index < -0.39 is 12.5 Å². The van der Waals surface area contributed by atoms with Gasteiger partial charge in [0.1, 0.15) is 5.82 Å². The maximum atomic E-state index is 10.7. The van der Waals surface area contributed by atoms with Crippen LogP contribution in [0.25, 0.3) is 5.65 Å². The summed E-state index contributed by atoms with van der Waals surface area (Å²) >= 11 is 0. The molecule has 3 aromatic rings. The smallest absolute Gasteiger partial charge is 0.166 e. The zero-order valence-corrected chi connectivity index (χ0v) is 13.2. The maximum Gasteiger partial charge on any atom is 0.166 e. The van der Waals surface area contributed by atoms with Crippen molar-refractivity contribution in [3.63, 3.8) is 0 Å². The number of hydrogen-bond donors (Lipinski definition) is 1. The summed E-state index contributed by atoms with van der Waals surface area (Å²) in [6, 6.07) is 11.7. The van der Waals surface area contributed by atoms with Gasteiger partial charge in [0.2, 0.25) is 0 Å². The van der Waals surface area contributed by atoms with Gasteiger partial charge in [0, 0.05) is 15.9 Å². The molecule has 1 N–H and O–H groups in total. The first-order valence-corrected chi connectivity index (χ1v) is 7.81. The molecule has 0 aliphatic heterocycles. The van der Waals surface area contributed by atoms with Crippen molar-refractivity contribution >= 4 is 5.65 Å². The van der Waals surface area contributed by atoms with Crippen LogP contribution >= 0.6 is 0 Å². The van der Waals surface area contributed by atoms with E-state index in [0.29, 0.717) is 5.65 Å². The van der Waals surface area contributed by atoms with Crippen molar-refractivity contribution in [2.45, 2.75) is 44.6 Å². The molecule has 23 heavy (non-hydrogen) atoms. The average molecular weight is 311 g/mol. The molecule has 0 amide bonds. The lowest BCUT2D eigenvalue weighted by Gasteiger charge is -2.19. The number of aryl methyl sites for hydroxylation is 1. The molecule has 1 unspecified atom stereocenters. The van der Waals surface area contributed by atoms with Gasteiger partial charge in [0.15, 0.2) is 5.65 Å². The molecule has 0 spiro atoms. The Morgan fingerprint density at radius 3 is 2.61 bits per heavy atom. The van der Waals surface area contributed by atoms with E-state index in [1.807, 2.05) is 10.6 Å². The van der Waals surface area contributed by atoms with E-state index in [1.165, 1.54) is 18.1 Å². The second-order valence-corrected chi connectivity index (χ2v) is 6.66. The van der Waals surface area contributed by atoms with E-state index in [1.54, 1.807) is 12.1 Å². The van der Waals surface area contributed by atoms with Crippen molar-refractivity contribution in [1.82, 2.24) is 14.6 Å². The summed E-state index contributed by atoms with van der Waals surface area (Å²) in [4.78, 5) is 0. The van der Waals surface area contributed by atoms with Crippen LogP contribution in [0.3, 0.4) is 0 Å². The number of fused-ring (bicyclic) bond motifs is 1. The SMILES string of the molecule is [2H][13C]([2H])([2H])C(C)(O)c1cccn2c(C3(c4ccc(C)cc4)CC3)nnc12. The van der Waals surface area contributed by atoms with Crippen LogP contribution in [-0.4, -0.2) is 19.7 Å². The summed E-state index contributed by atoms with van der Waals surface area (Å²) in [6.45, 7) is 0.796. The molecule has 2 heterocycles. The summed E-state index contributed by atoms with van der Waals surface area (Å²) in [5.74, 6) is 0.791. The molecule has 1 atom stereocenters. The fourth-order valence-electron chi connectivity index (χ4n) is 3.26. The Labute approximate surface area is 140 Å². The highest BCUT2D eigenvalue weighted by atomic mass is 16.3. The van der Waals surface area contributed by atoms with Crippen molar-refractivity contribution in [3.8, 4) is 0 Å². The van der Waals surface area contributed by atoms with Gasteiger partial charge >= 0.3 is 0 Å². The molecule has 4 heteroatoms. The van der Waals surface area contributed by atoms with Gasteiger partial charge in [-0.3, -0.25) is 4.40 Å². The Balaban J connectivity index is 1.87. The molecule has 0 bridgehead atoms. The van der Waals surface area contributed by atoms with Crippen molar-refractivity contribution in [2.75, 3.05) is 0 Å². The molecule has 4 nitrogen and oxygen atoms in total. The van der Waals surface area contributed by atoms with Gasteiger partial charge in [-0.1, -0.05) is 35.9 Å². The number of nitrogens with zero attached hydrogens (tertiary/aromatic N) is 3. The van der Waals surface area contributed by atoms with Gasteiger partial charge < -0.3 is 5.11 Å². The minimum atomic E-state index is -2.56. The van der Waals surface area contributed by atoms with E-state index in [2.05, 4.69) is 41.4 Å². The first kappa shape index (κ1) is 11.4. The topological polar surface area (TPSA) is 50.4 Å². The predicted octanol–water partition coefficient (Wildman–Crippen LogP) is 3.35. The normalized spacial score (nSPS) is 21.3. The van der Waals surface area contributed by atoms with Crippen LogP contribution in [0.5, 0.6) is 0 Å². The van der Waals surface area contributed by atoms with Crippen molar-refractivity contribution in [2.24, 2.45) is 0 Å². The Morgan fingerprint density at radius 1 is 1.22 bits per heavy atom. The molecular formula is C19H21N3O. The molecule has 2 aromatic heterocycles. The quantitative estimate of drug-likeness (QED) is 0.755. The molecule has 1 aliphatic carbocycles. The van der Waals surface area contributed by atoms with Gasteiger partial charge in [-0.25, -0.2) is 0 Å².